The molecule has 0 radical (unpaired) electrons. The monoisotopic (exact) mass is 274 g/mol. The molecule has 0 spiro atoms. The Bertz CT molecular complexity index is 529. The molecule has 0 saturated heterocycles. The van der Waals surface area contributed by atoms with Crippen molar-refractivity contribution in [2.45, 2.75) is 38.6 Å². The van der Waals surface area contributed by atoms with E-state index in [1.165, 1.54) is 0 Å². The van der Waals surface area contributed by atoms with Crippen LogP contribution in [-0.4, -0.2) is 12.5 Å². The number of fused-ring (bicyclic) bond motifs is 1. The van der Waals surface area contributed by atoms with Crippen molar-refractivity contribution >= 4 is 16.9 Å². The third-order valence-corrected chi connectivity index (χ3v) is 3.36. The lowest BCUT2D eigenvalue weighted by Crippen LogP contribution is -2.26. The molecular weight excluding hydrogens is 252 g/mol. The normalized spacial score (nSPS) is 12.5. The second-order valence-electron chi connectivity index (χ2n) is 5.08. The van der Waals surface area contributed by atoms with Gasteiger partial charge in [0.05, 0.1) is 6.04 Å². The lowest BCUT2D eigenvalue weighted by Gasteiger charge is -2.11. The molecule has 4 nitrogen and oxygen atoms in total. The number of furan rings is 1. The molecule has 0 aliphatic carbocycles. The number of carbonyl (C=O) groups excluding carboxylic acids is 1. The van der Waals surface area contributed by atoms with E-state index in [4.69, 9.17) is 10.2 Å². The first-order valence-corrected chi connectivity index (χ1v) is 7.18. The average molecular weight is 274 g/mol. The molecule has 1 unspecified atom stereocenters. The van der Waals surface area contributed by atoms with Crippen LogP contribution in [0.3, 0.4) is 0 Å². The van der Waals surface area contributed by atoms with Gasteiger partial charge in [-0.1, -0.05) is 24.6 Å². The van der Waals surface area contributed by atoms with Crippen molar-refractivity contribution in [3.05, 3.63) is 36.1 Å². The van der Waals surface area contributed by atoms with E-state index in [2.05, 4.69) is 5.32 Å². The standard InChI is InChI=1S/C16H22N2O2/c1-12(18-16(19)9-3-2-6-10-17)15-11-13-7-4-5-8-14(13)20-15/h4-5,7-8,11-12H,2-3,6,9-10,17H2,1H3,(H,18,19). The Morgan fingerprint density at radius 2 is 2.10 bits per heavy atom. The average Bonchev–Trinajstić information content (AvgIpc) is 2.87. The fourth-order valence-corrected chi connectivity index (χ4v) is 2.21. The third kappa shape index (κ3) is 3.84. The first-order chi connectivity index (χ1) is 9.70. The summed E-state index contributed by atoms with van der Waals surface area (Å²) >= 11 is 0. The molecule has 1 heterocycles. The van der Waals surface area contributed by atoms with E-state index in [9.17, 15) is 4.79 Å². The van der Waals surface area contributed by atoms with E-state index in [0.717, 1.165) is 36.0 Å². The lowest BCUT2D eigenvalue weighted by molar-refractivity contribution is -0.121. The van der Waals surface area contributed by atoms with Gasteiger partial charge in [-0.2, -0.15) is 0 Å². The number of unbranched alkanes of at least 4 members (excludes halogenated alkanes) is 2. The fraction of sp³-hybridized carbons (Fsp3) is 0.438. The maximum absolute atomic E-state index is 11.8. The molecule has 1 aromatic heterocycles. The van der Waals surface area contributed by atoms with E-state index < -0.39 is 0 Å². The number of para-hydroxylation sites is 1. The molecule has 1 amide bonds. The third-order valence-electron chi connectivity index (χ3n) is 3.36. The Hall–Kier alpha value is -1.81. The van der Waals surface area contributed by atoms with Crippen molar-refractivity contribution in [2.24, 2.45) is 5.73 Å². The number of carbonyl (C=O) groups is 1. The fourth-order valence-electron chi connectivity index (χ4n) is 2.21. The maximum Gasteiger partial charge on any atom is 0.220 e. The molecule has 20 heavy (non-hydrogen) atoms. The molecule has 1 aromatic carbocycles. The molecule has 2 rings (SSSR count). The van der Waals surface area contributed by atoms with Gasteiger partial charge in [0.25, 0.3) is 0 Å². The van der Waals surface area contributed by atoms with Gasteiger partial charge in [-0.25, -0.2) is 0 Å². The van der Waals surface area contributed by atoms with E-state index in [0.29, 0.717) is 13.0 Å². The van der Waals surface area contributed by atoms with Crippen LogP contribution in [-0.2, 0) is 4.79 Å². The molecule has 2 aromatic rings. The second kappa shape index (κ2) is 7.10. The number of nitrogens with one attached hydrogen (secondary N) is 1. The minimum Gasteiger partial charge on any atom is -0.459 e. The molecule has 0 bridgehead atoms. The highest BCUT2D eigenvalue weighted by Crippen LogP contribution is 2.23. The van der Waals surface area contributed by atoms with Gasteiger partial charge in [0, 0.05) is 11.8 Å². The highest BCUT2D eigenvalue weighted by atomic mass is 16.3. The number of hydrogen-bond acceptors (Lipinski definition) is 3. The molecule has 0 saturated carbocycles. The summed E-state index contributed by atoms with van der Waals surface area (Å²) in [6.07, 6.45) is 3.41. The summed E-state index contributed by atoms with van der Waals surface area (Å²) in [4.78, 5) is 11.8. The van der Waals surface area contributed by atoms with E-state index in [1.807, 2.05) is 37.3 Å². The number of nitrogens with two attached hydrogens (primary N) is 1. The zero-order chi connectivity index (χ0) is 14.4. The molecule has 0 fully saturated rings. The summed E-state index contributed by atoms with van der Waals surface area (Å²) in [7, 11) is 0. The maximum atomic E-state index is 11.8. The van der Waals surface area contributed by atoms with Crippen LogP contribution in [0.5, 0.6) is 0 Å². The highest BCUT2D eigenvalue weighted by Gasteiger charge is 2.13. The van der Waals surface area contributed by atoms with Gasteiger partial charge in [0.1, 0.15) is 11.3 Å². The summed E-state index contributed by atoms with van der Waals surface area (Å²) in [6, 6.07) is 9.72. The lowest BCUT2D eigenvalue weighted by atomic mass is 10.1. The quantitative estimate of drug-likeness (QED) is 0.762. The number of rotatable bonds is 7. The summed E-state index contributed by atoms with van der Waals surface area (Å²) in [5.41, 5.74) is 6.28. The Labute approximate surface area is 119 Å². The highest BCUT2D eigenvalue weighted by molar-refractivity contribution is 5.79. The minimum atomic E-state index is -0.107. The summed E-state index contributed by atoms with van der Waals surface area (Å²) in [5.74, 6) is 0.858. The SMILES string of the molecule is CC(NC(=O)CCCCCN)c1cc2ccccc2o1. The predicted octanol–water partition coefficient (Wildman–Crippen LogP) is 3.13. The van der Waals surface area contributed by atoms with Crippen molar-refractivity contribution in [1.29, 1.82) is 0 Å². The van der Waals surface area contributed by atoms with Crippen LogP contribution in [0.15, 0.2) is 34.7 Å². The van der Waals surface area contributed by atoms with E-state index in [-0.39, 0.29) is 11.9 Å². The van der Waals surface area contributed by atoms with Crippen molar-refractivity contribution in [3.8, 4) is 0 Å². The van der Waals surface area contributed by atoms with Crippen molar-refractivity contribution in [2.75, 3.05) is 6.54 Å². The number of amides is 1. The number of benzene rings is 1. The van der Waals surface area contributed by atoms with Crippen LogP contribution in [0.1, 0.15) is 44.4 Å². The van der Waals surface area contributed by atoms with E-state index >= 15 is 0 Å². The summed E-state index contributed by atoms with van der Waals surface area (Å²) in [6.45, 7) is 2.63. The van der Waals surface area contributed by atoms with Crippen molar-refractivity contribution in [1.82, 2.24) is 5.32 Å². The zero-order valence-corrected chi connectivity index (χ0v) is 11.9. The molecule has 108 valence electrons. The van der Waals surface area contributed by atoms with Gasteiger partial charge < -0.3 is 15.5 Å². The topological polar surface area (TPSA) is 68.3 Å². The summed E-state index contributed by atoms with van der Waals surface area (Å²) < 4.78 is 5.74. The minimum absolute atomic E-state index is 0.0648. The Morgan fingerprint density at radius 3 is 2.85 bits per heavy atom. The number of hydrogen-bond donors (Lipinski definition) is 2. The first kappa shape index (κ1) is 14.6. The zero-order valence-electron chi connectivity index (χ0n) is 11.9. The molecule has 1 atom stereocenters. The largest absolute Gasteiger partial charge is 0.459 e. The Kier molecular flexibility index (Phi) is 5.18. The molecular formula is C16H22N2O2. The van der Waals surface area contributed by atoms with Crippen LogP contribution in [0.25, 0.3) is 11.0 Å². The van der Waals surface area contributed by atoms with Gasteiger partial charge in [-0.3, -0.25) is 4.79 Å². The van der Waals surface area contributed by atoms with Gasteiger partial charge in [0.2, 0.25) is 5.91 Å². The van der Waals surface area contributed by atoms with Gasteiger partial charge in [-0.05, 0) is 38.4 Å². The smallest absolute Gasteiger partial charge is 0.220 e. The molecule has 0 aliphatic rings. The van der Waals surface area contributed by atoms with Crippen LogP contribution in [0, 0.1) is 0 Å². The molecule has 4 heteroatoms. The Morgan fingerprint density at radius 1 is 1.30 bits per heavy atom. The van der Waals surface area contributed by atoms with Crippen LogP contribution in [0.2, 0.25) is 0 Å². The second-order valence-corrected chi connectivity index (χ2v) is 5.08. The Balaban J connectivity index is 1.87. The first-order valence-electron chi connectivity index (χ1n) is 7.18. The van der Waals surface area contributed by atoms with Gasteiger partial charge >= 0.3 is 0 Å². The van der Waals surface area contributed by atoms with Crippen LogP contribution in [0.4, 0.5) is 0 Å². The van der Waals surface area contributed by atoms with Gasteiger partial charge in [0.15, 0.2) is 0 Å². The van der Waals surface area contributed by atoms with Crippen LogP contribution < -0.4 is 11.1 Å². The van der Waals surface area contributed by atoms with Crippen molar-refractivity contribution in [3.63, 3.8) is 0 Å². The van der Waals surface area contributed by atoms with Crippen LogP contribution >= 0.6 is 0 Å². The van der Waals surface area contributed by atoms with E-state index in [1.54, 1.807) is 0 Å². The predicted molar refractivity (Wildman–Crippen MR) is 80.3 cm³/mol. The molecule has 0 aliphatic heterocycles. The molecule has 3 N–H and O–H groups in total. The summed E-state index contributed by atoms with van der Waals surface area (Å²) in [5, 5.41) is 4.03. The van der Waals surface area contributed by atoms with Gasteiger partial charge in [-0.15, -0.1) is 0 Å². The van der Waals surface area contributed by atoms with Crippen molar-refractivity contribution < 1.29 is 9.21 Å².